The fourth-order valence-corrected chi connectivity index (χ4v) is 3.79. The van der Waals surface area contributed by atoms with Crippen LogP contribution in [0.3, 0.4) is 0 Å². The zero-order valence-corrected chi connectivity index (χ0v) is 10.9. The maximum atomic E-state index is 11.0. The number of carbonyl (C=O) groups excluding carboxylic acids is 2. The van der Waals surface area contributed by atoms with E-state index in [4.69, 9.17) is 0 Å². The van der Waals surface area contributed by atoms with E-state index in [1.807, 2.05) is 0 Å². The Bertz CT molecular complexity index is 344. The van der Waals surface area contributed by atoms with E-state index in [2.05, 4.69) is 0 Å². The van der Waals surface area contributed by atoms with Gasteiger partial charge in [0.25, 0.3) is 0 Å². The monoisotopic (exact) mass is 250 g/mol. The van der Waals surface area contributed by atoms with Crippen LogP contribution in [0.4, 0.5) is 0 Å². The van der Waals surface area contributed by atoms with Gasteiger partial charge in [0.15, 0.2) is 0 Å². The van der Waals surface area contributed by atoms with Crippen LogP contribution in [-0.4, -0.2) is 12.6 Å². The fraction of sp³-hybridized carbons (Fsp3) is 0.571. The average molecular weight is 250 g/mol. The molecule has 0 amide bonds. The Morgan fingerprint density at radius 3 is 1.53 bits per heavy atom. The average Bonchev–Trinajstić information content (AvgIpc) is 2.40. The molecule has 0 saturated carbocycles. The van der Waals surface area contributed by atoms with Crippen molar-refractivity contribution in [3.8, 4) is 0 Å². The summed E-state index contributed by atoms with van der Waals surface area (Å²) in [5, 5.41) is 0. The Hall–Kier alpha value is -0.830. The predicted octanol–water partition coefficient (Wildman–Crippen LogP) is 3.77. The topological polar surface area (TPSA) is 34.1 Å². The fourth-order valence-electron chi connectivity index (χ4n) is 2.43. The molecule has 0 fully saturated rings. The highest BCUT2D eigenvalue weighted by Gasteiger charge is 2.18. The highest BCUT2D eigenvalue weighted by atomic mass is 32.2. The molecule has 17 heavy (non-hydrogen) atoms. The Morgan fingerprint density at radius 2 is 1.12 bits per heavy atom. The van der Waals surface area contributed by atoms with Crippen LogP contribution in [0.15, 0.2) is 21.0 Å². The van der Waals surface area contributed by atoms with Crippen LogP contribution in [0.2, 0.25) is 0 Å². The van der Waals surface area contributed by atoms with E-state index in [0.717, 1.165) is 62.2 Å². The summed E-state index contributed by atoms with van der Waals surface area (Å²) in [6.07, 6.45) is 10.4. The quantitative estimate of drug-likeness (QED) is 0.712. The van der Waals surface area contributed by atoms with Crippen LogP contribution in [0.5, 0.6) is 0 Å². The highest BCUT2D eigenvalue weighted by molar-refractivity contribution is 8.06. The van der Waals surface area contributed by atoms with Crippen molar-refractivity contribution >= 4 is 24.3 Å². The van der Waals surface area contributed by atoms with E-state index in [0.29, 0.717) is 0 Å². The number of rotatable bonds is 4. The van der Waals surface area contributed by atoms with Crippen molar-refractivity contribution in [1.82, 2.24) is 0 Å². The van der Waals surface area contributed by atoms with Crippen LogP contribution >= 0.6 is 11.8 Å². The molecule has 0 atom stereocenters. The third kappa shape index (κ3) is 3.09. The molecule has 2 aliphatic carbocycles. The first-order valence-electron chi connectivity index (χ1n) is 6.37. The van der Waals surface area contributed by atoms with Crippen LogP contribution in [0.25, 0.3) is 0 Å². The zero-order chi connectivity index (χ0) is 12.1. The van der Waals surface area contributed by atoms with Crippen molar-refractivity contribution in [2.24, 2.45) is 0 Å². The van der Waals surface area contributed by atoms with Gasteiger partial charge in [-0.25, -0.2) is 0 Å². The molecule has 0 aromatic heterocycles. The summed E-state index contributed by atoms with van der Waals surface area (Å²) in [6.45, 7) is 0. The Morgan fingerprint density at radius 1 is 0.706 bits per heavy atom. The predicted molar refractivity (Wildman–Crippen MR) is 70.7 cm³/mol. The third-order valence-electron chi connectivity index (χ3n) is 3.45. The first-order valence-corrected chi connectivity index (χ1v) is 7.19. The summed E-state index contributed by atoms with van der Waals surface area (Å²) in [7, 11) is 0. The Balaban J connectivity index is 2.18. The molecular weight excluding hydrogens is 232 g/mol. The highest BCUT2D eigenvalue weighted by Crippen LogP contribution is 2.41. The third-order valence-corrected chi connectivity index (χ3v) is 4.87. The van der Waals surface area contributed by atoms with Gasteiger partial charge in [0.2, 0.25) is 0 Å². The molecule has 3 heteroatoms. The van der Waals surface area contributed by atoms with Crippen LogP contribution in [-0.2, 0) is 9.59 Å². The summed E-state index contributed by atoms with van der Waals surface area (Å²) < 4.78 is 0. The smallest absolute Gasteiger partial charge is 0.146 e. The summed E-state index contributed by atoms with van der Waals surface area (Å²) in [5.41, 5.74) is 1.93. The van der Waals surface area contributed by atoms with E-state index < -0.39 is 0 Å². The lowest BCUT2D eigenvalue weighted by molar-refractivity contribution is -0.105. The minimum atomic E-state index is 0.912. The molecule has 2 nitrogen and oxygen atoms in total. The van der Waals surface area contributed by atoms with Gasteiger partial charge < -0.3 is 0 Å². The van der Waals surface area contributed by atoms with Crippen molar-refractivity contribution in [3.05, 3.63) is 21.0 Å². The summed E-state index contributed by atoms with van der Waals surface area (Å²) >= 11 is 1.70. The van der Waals surface area contributed by atoms with Crippen LogP contribution in [0, 0.1) is 0 Å². The summed E-state index contributed by atoms with van der Waals surface area (Å²) in [6, 6.07) is 0. The van der Waals surface area contributed by atoms with Gasteiger partial charge in [-0.1, -0.05) is 11.8 Å². The minimum absolute atomic E-state index is 0.912. The number of hydrogen-bond acceptors (Lipinski definition) is 3. The first-order chi connectivity index (χ1) is 8.35. The lowest BCUT2D eigenvalue weighted by Gasteiger charge is -2.21. The molecule has 0 heterocycles. The molecule has 0 unspecified atom stereocenters. The van der Waals surface area contributed by atoms with Crippen molar-refractivity contribution in [3.63, 3.8) is 0 Å². The molecule has 2 rings (SSSR count). The van der Waals surface area contributed by atoms with E-state index in [-0.39, 0.29) is 0 Å². The second-order valence-corrected chi connectivity index (χ2v) is 5.84. The molecule has 0 radical (unpaired) electrons. The van der Waals surface area contributed by atoms with E-state index in [9.17, 15) is 9.59 Å². The van der Waals surface area contributed by atoms with Gasteiger partial charge in [0.1, 0.15) is 12.6 Å². The Kier molecular flexibility index (Phi) is 4.60. The molecular formula is C14H18O2S. The largest absolute Gasteiger partial charge is 0.298 e. The van der Waals surface area contributed by atoms with Gasteiger partial charge in [-0.2, -0.15) is 0 Å². The molecule has 92 valence electrons. The van der Waals surface area contributed by atoms with Gasteiger partial charge in [0, 0.05) is 11.1 Å². The first kappa shape index (κ1) is 12.6. The maximum absolute atomic E-state index is 11.0. The van der Waals surface area contributed by atoms with E-state index in [1.54, 1.807) is 11.8 Å². The van der Waals surface area contributed by atoms with Crippen molar-refractivity contribution < 1.29 is 9.59 Å². The SMILES string of the molecule is O=CC1=C(SC2=C(C=O)CCCC2)CCCC1. The second-order valence-electron chi connectivity index (χ2n) is 4.65. The van der Waals surface area contributed by atoms with Crippen molar-refractivity contribution in [2.45, 2.75) is 51.4 Å². The van der Waals surface area contributed by atoms with Gasteiger partial charge in [-0.3, -0.25) is 9.59 Å². The van der Waals surface area contributed by atoms with Crippen molar-refractivity contribution in [1.29, 1.82) is 0 Å². The molecule has 0 aliphatic heterocycles. The van der Waals surface area contributed by atoms with Gasteiger partial charge in [-0.15, -0.1) is 0 Å². The summed E-state index contributed by atoms with van der Waals surface area (Å²) in [4.78, 5) is 24.4. The van der Waals surface area contributed by atoms with Crippen LogP contribution in [0.1, 0.15) is 51.4 Å². The maximum Gasteiger partial charge on any atom is 0.146 e. The number of carbonyl (C=O) groups is 2. The number of thioether (sulfide) groups is 1. The lowest BCUT2D eigenvalue weighted by Crippen LogP contribution is -2.02. The zero-order valence-electron chi connectivity index (χ0n) is 10.0. The normalized spacial score (nSPS) is 21.6. The van der Waals surface area contributed by atoms with E-state index >= 15 is 0 Å². The Labute approximate surface area is 107 Å². The number of aldehydes is 2. The standard InChI is InChI=1S/C14H18O2S/c15-9-11-5-1-3-7-13(11)17-14-8-4-2-6-12(14)10-16/h9-10H,1-8H2. The van der Waals surface area contributed by atoms with Crippen LogP contribution < -0.4 is 0 Å². The molecule has 0 spiro atoms. The molecule has 0 N–H and O–H groups in total. The summed E-state index contributed by atoms with van der Waals surface area (Å²) in [5.74, 6) is 0. The second kappa shape index (κ2) is 6.20. The molecule has 2 aliphatic rings. The number of hydrogen-bond donors (Lipinski definition) is 0. The van der Waals surface area contributed by atoms with Crippen molar-refractivity contribution in [2.75, 3.05) is 0 Å². The van der Waals surface area contributed by atoms with Gasteiger partial charge in [0.05, 0.1) is 0 Å². The van der Waals surface area contributed by atoms with E-state index in [1.165, 1.54) is 22.7 Å². The lowest BCUT2D eigenvalue weighted by atomic mass is 10.00. The molecule has 0 saturated heterocycles. The molecule has 0 aromatic carbocycles. The van der Waals surface area contributed by atoms with Gasteiger partial charge in [-0.05, 0) is 61.2 Å². The molecule has 0 bridgehead atoms. The number of allylic oxidation sites excluding steroid dienone is 4. The van der Waals surface area contributed by atoms with Gasteiger partial charge >= 0.3 is 0 Å². The minimum Gasteiger partial charge on any atom is -0.298 e. The molecule has 0 aromatic rings.